The Kier molecular flexibility index (Phi) is 10.3. The first-order valence-corrected chi connectivity index (χ1v) is 18.8. The van der Waals surface area contributed by atoms with Crippen LogP contribution in [0.5, 0.6) is 0 Å². The standard InChI is InChI=1S/C35H44ClFN4O5S/c1-3-39(4-2)20-26-21-40(16-17-46-26)32(42)22-41-31-19-25(35(43)38-47(44,45)27-12-13-27)10-14-28(31)33(23-8-6-5-7-9-23)34(41)24-11-15-29(36)30(37)18-24/h10-11,14-15,18-19,23,26-27H,3-9,12-13,16-17,20-22H2,1-2H3,(H,38,43). The SMILES string of the molecule is CCN(CC)CC1CN(C(=O)Cn2c(-c3ccc(Cl)c(F)c3)c(C3CCCCC3)c3ccc(C(=O)NS(=O)(=O)C4CC4)cc32)CCO1. The van der Waals surface area contributed by atoms with Crippen LogP contribution in [0.25, 0.3) is 22.2 Å². The summed E-state index contributed by atoms with van der Waals surface area (Å²) in [6, 6.07) is 9.88. The van der Waals surface area contributed by atoms with E-state index in [4.69, 9.17) is 16.3 Å². The summed E-state index contributed by atoms with van der Waals surface area (Å²) in [5.41, 5.74) is 3.16. The van der Waals surface area contributed by atoms with Crippen LogP contribution in [-0.2, 0) is 26.1 Å². The maximum absolute atomic E-state index is 15.0. The van der Waals surface area contributed by atoms with E-state index < -0.39 is 27.0 Å². The number of likely N-dealkylation sites (N-methyl/N-ethyl adjacent to an activating group) is 1. The summed E-state index contributed by atoms with van der Waals surface area (Å²) in [5.74, 6) is -1.19. The molecule has 3 aliphatic rings. The molecule has 6 rings (SSSR count). The normalized spacial score (nSPS) is 19.4. The van der Waals surface area contributed by atoms with Gasteiger partial charge in [-0.3, -0.25) is 9.59 Å². The van der Waals surface area contributed by atoms with E-state index in [1.165, 1.54) is 12.1 Å². The van der Waals surface area contributed by atoms with Crippen LogP contribution >= 0.6 is 11.6 Å². The number of rotatable bonds is 11. The summed E-state index contributed by atoms with van der Waals surface area (Å²) in [4.78, 5) is 31.5. The van der Waals surface area contributed by atoms with E-state index in [1.54, 1.807) is 18.2 Å². The monoisotopic (exact) mass is 686 g/mol. The number of hydrogen-bond donors (Lipinski definition) is 1. The summed E-state index contributed by atoms with van der Waals surface area (Å²) in [6.07, 6.45) is 6.14. The molecule has 2 aliphatic carbocycles. The largest absolute Gasteiger partial charge is 0.373 e. The summed E-state index contributed by atoms with van der Waals surface area (Å²) in [7, 11) is -3.76. The molecule has 1 saturated heterocycles. The first kappa shape index (κ1) is 33.9. The van der Waals surface area contributed by atoms with Crippen LogP contribution in [0.2, 0.25) is 5.02 Å². The van der Waals surface area contributed by atoms with Crippen LogP contribution in [0.3, 0.4) is 0 Å². The van der Waals surface area contributed by atoms with Crippen LogP contribution in [0, 0.1) is 5.82 Å². The number of hydrogen-bond acceptors (Lipinski definition) is 6. The Morgan fingerprint density at radius 1 is 1.04 bits per heavy atom. The molecule has 9 nitrogen and oxygen atoms in total. The van der Waals surface area contributed by atoms with Gasteiger partial charge in [-0.25, -0.2) is 17.5 Å². The van der Waals surface area contributed by atoms with Gasteiger partial charge in [0, 0.05) is 36.1 Å². The van der Waals surface area contributed by atoms with Crippen molar-refractivity contribution < 1.29 is 27.1 Å². The minimum Gasteiger partial charge on any atom is -0.373 e. The van der Waals surface area contributed by atoms with Gasteiger partial charge in [0.1, 0.15) is 12.4 Å². The lowest BCUT2D eigenvalue weighted by atomic mass is 9.81. The minimum absolute atomic E-state index is 0.00935. The van der Waals surface area contributed by atoms with E-state index in [1.807, 2.05) is 15.5 Å². The van der Waals surface area contributed by atoms with Crippen molar-refractivity contribution in [2.45, 2.75) is 82.6 Å². The van der Waals surface area contributed by atoms with Gasteiger partial charge in [-0.2, -0.15) is 0 Å². The fourth-order valence-corrected chi connectivity index (χ4v) is 8.57. The fourth-order valence-electron chi connectivity index (χ4n) is 7.15. The molecule has 47 heavy (non-hydrogen) atoms. The highest BCUT2D eigenvalue weighted by Gasteiger charge is 2.37. The number of ether oxygens (including phenoxy) is 1. The highest BCUT2D eigenvalue weighted by molar-refractivity contribution is 7.91. The van der Waals surface area contributed by atoms with E-state index in [2.05, 4.69) is 23.5 Å². The lowest BCUT2D eigenvalue weighted by molar-refractivity contribution is -0.140. The van der Waals surface area contributed by atoms with Crippen molar-refractivity contribution in [3.05, 3.63) is 58.4 Å². The molecule has 1 atom stereocenters. The van der Waals surface area contributed by atoms with Crippen LogP contribution < -0.4 is 4.72 Å². The molecule has 3 fully saturated rings. The van der Waals surface area contributed by atoms with E-state index in [9.17, 15) is 18.0 Å². The minimum atomic E-state index is -3.76. The second-order valence-electron chi connectivity index (χ2n) is 13.0. The smallest absolute Gasteiger partial charge is 0.264 e. The average Bonchev–Trinajstić information content (AvgIpc) is 3.89. The Morgan fingerprint density at radius 2 is 1.79 bits per heavy atom. The van der Waals surface area contributed by atoms with Gasteiger partial charge in [-0.05, 0) is 74.5 Å². The van der Waals surface area contributed by atoms with Gasteiger partial charge < -0.3 is 19.1 Å². The number of benzene rings is 2. The van der Waals surface area contributed by atoms with Crippen LogP contribution in [0.15, 0.2) is 36.4 Å². The number of aromatic nitrogens is 1. The number of carbonyl (C=O) groups is 2. The molecule has 1 aliphatic heterocycles. The molecular formula is C35H44ClFN4O5S. The Morgan fingerprint density at radius 3 is 2.47 bits per heavy atom. The average molecular weight is 687 g/mol. The predicted molar refractivity (Wildman–Crippen MR) is 182 cm³/mol. The molecule has 2 amide bonds. The van der Waals surface area contributed by atoms with E-state index in [-0.39, 0.29) is 35.1 Å². The van der Waals surface area contributed by atoms with Crippen LogP contribution in [-0.4, -0.2) is 85.3 Å². The maximum Gasteiger partial charge on any atom is 0.264 e. The number of nitrogens with zero attached hydrogens (tertiary/aromatic N) is 3. The van der Waals surface area contributed by atoms with Crippen LogP contribution in [0.4, 0.5) is 4.39 Å². The zero-order valence-electron chi connectivity index (χ0n) is 27.1. The third-order valence-corrected chi connectivity index (χ3v) is 12.0. The van der Waals surface area contributed by atoms with Gasteiger partial charge in [-0.15, -0.1) is 0 Å². The third-order valence-electron chi connectivity index (χ3n) is 9.91. The van der Waals surface area contributed by atoms with Crippen molar-refractivity contribution >= 4 is 44.3 Å². The molecule has 254 valence electrons. The zero-order chi connectivity index (χ0) is 33.3. The highest BCUT2D eigenvalue weighted by atomic mass is 35.5. The molecule has 1 unspecified atom stereocenters. The summed E-state index contributed by atoms with van der Waals surface area (Å²) < 4.78 is 50.4. The lowest BCUT2D eigenvalue weighted by Gasteiger charge is -2.35. The summed E-state index contributed by atoms with van der Waals surface area (Å²) in [6.45, 7) is 8.04. The molecule has 0 bridgehead atoms. The molecule has 2 heterocycles. The molecule has 12 heteroatoms. The van der Waals surface area contributed by atoms with E-state index >= 15 is 4.39 Å². The van der Waals surface area contributed by atoms with Gasteiger partial charge in [0.25, 0.3) is 5.91 Å². The van der Waals surface area contributed by atoms with Gasteiger partial charge in [0.15, 0.2) is 0 Å². The second kappa shape index (κ2) is 14.2. The first-order chi connectivity index (χ1) is 22.6. The number of amides is 2. The quantitative estimate of drug-likeness (QED) is 0.268. The third kappa shape index (κ3) is 7.38. The van der Waals surface area contributed by atoms with Gasteiger partial charge in [0.05, 0.1) is 34.2 Å². The molecule has 1 aromatic heterocycles. The lowest BCUT2D eigenvalue weighted by Crippen LogP contribution is -2.50. The highest BCUT2D eigenvalue weighted by Crippen LogP contribution is 2.45. The van der Waals surface area contributed by atoms with Crippen LogP contribution in [0.1, 0.15) is 80.6 Å². The Balaban J connectivity index is 1.44. The molecule has 1 N–H and O–H groups in total. The number of carbonyl (C=O) groups excluding carboxylic acids is 2. The molecular weight excluding hydrogens is 643 g/mol. The summed E-state index contributed by atoms with van der Waals surface area (Å²) >= 11 is 6.12. The van der Waals surface area contributed by atoms with Crippen molar-refractivity contribution in [1.29, 1.82) is 0 Å². The fraction of sp³-hybridized carbons (Fsp3) is 0.543. The van der Waals surface area contributed by atoms with Crippen molar-refractivity contribution in [1.82, 2.24) is 19.1 Å². The maximum atomic E-state index is 15.0. The molecule has 3 aromatic rings. The predicted octanol–water partition coefficient (Wildman–Crippen LogP) is 5.94. The Hall–Kier alpha value is -2.99. The number of sulfonamides is 1. The number of nitrogens with one attached hydrogen (secondary N) is 1. The van der Waals surface area contributed by atoms with Crippen molar-refractivity contribution in [2.24, 2.45) is 0 Å². The Bertz CT molecular complexity index is 1750. The van der Waals surface area contributed by atoms with E-state index in [0.29, 0.717) is 43.6 Å². The molecule has 0 spiro atoms. The molecule has 0 radical (unpaired) electrons. The number of fused-ring (bicyclic) bond motifs is 1. The Labute approximate surface area is 281 Å². The first-order valence-electron chi connectivity index (χ1n) is 16.9. The topological polar surface area (TPSA) is 101 Å². The van der Waals surface area contributed by atoms with Gasteiger partial charge >= 0.3 is 0 Å². The number of halogens is 2. The van der Waals surface area contributed by atoms with Crippen molar-refractivity contribution in [3.63, 3.8) is 0 Å². The molecule has 2 aromatic carbocycles. The summed E-state index contributed by atoms with van der Waals surface area (Å²) in [5, 5.41) is 0.341. The van der Waals surface area contributed by atoms with Gasteiger partial charge in [0.2, 0.25) is 15.9 Å². The van der Waals surface area contributed by atoms with E-state index in [0.717, 1.165) is 68.4 Å². The van der Waals surface area contributed by atoms with Crippen molar-refractivity contribution in [2.75, 3.05) is 39.3 Å². The van der Waals surface area contributed by atoms with Gasteiger partial charge in [-0.1, -0.05) is 56.8 Å². The molecule has 2 saturated carbocycles. The number of morpholine rings is 1. The zero-order valence-corrected chi connectivity index (χ0v) is 28.7. The van der Waals surface area contributed by atoms with Crippen molar-refractivity contribution in [3.8, 4) is 11.3 Å². The second-order valence-corrected chi connectivity index (χ2v) is 15.4.